The molecular weight excluding hydrogens is 242 g/mol. The molecule has 19 heavy (non-hydrogen) atoms. The van der Waals surface area contributed by atoms with E-state index in [0.29, 0.717) is 6.04 Å². The van der Waals surface area contributed by atoms with Crippen LogP contribution in [0.3, 0.4) is 0 Å². The smallest absolute Gasteiger partial charge is 0.414 e. The summed E-state index contributed by atoms with van der Waals surface area (Å²) >= 11 is 0. The quantitative estimate of drug-likeness (QED) is 0.910. The van der Waals surface area contributed by atoms with Crippen LogP contribution in [0, 0.1) is 0 Å². The fourth-order valence-corrected chi connectivity index (χ4v) is 1.54. The number of rotatable bonds is 3. The van der Waals surface area contributed by atoms with Crippen LogP contribution in [0.25, 0.3) is 0 Å². The first kappa shape index (κ1) is 13.6. The van der Waals surface area contributed by atoms with Gasteiger partial charge in [0, 0.05) is 13.1 Å². The lowest BCUT2D eigenvalue weighted by Gasteiger charge is -2.24. The summed E-state index contributed by atoms with van der Waals surface area (Å²) in [5.74, 6) is 0.851. The predicted molar refractivity (Wildman–Crippen MR) is 75.5 cm³/mol. The fourth-order valence-electron chi connectivity index (χ4n) is 1.54. The van der Waals surface area contributed by atoms with Crippen molar-refractivity contribution in [1.82, 2.24) is 4.98 Å². The molecule has 1 saturated carbocycles. The number of carbonyl (C=O) groups excluding carboxylic acids is 1. The van der Waals surface area contributed by atoms with Gasteiger partial charge in [0.15, 0.2) is 0 Å². The highest BCUT2D eigenvalue weighted by Crippen LogP contribution is 2.24. The highest BCUT2D eigenvalue weighted by atomic mass is 16.6. The van der Waals surface area contributed by atoms with Gasteiger partial charge in [-0.15, -0.1) is 0 Å². The Labute approximate surface area is 114 Å². The Morgan fingerprint density at radius 3 is 2.58 bits per heavy atom. The van der Waals surface area contributed by atoms with Crippen LogP contribution in [0.2, 0.25) is 0 Å². The van der Waals surface area contributed by atoms with Crippen LogP contribution in [0.1, 0.15) is 33.6 Å². The maximum absolute atomic E-state index is 11.9. The first-order valence-electron chi connectivity index (χ1n) is 6.54. The van der Waals surface area contributed by atoms with E-state index in [-0.39, 0.29) is 6.09 Å². The number of anilines is 2. The third-order valence-corrected chi connectivity index (χ3v) is 2.73. The molecule has 1 fully saturated rings. The topological polar surface area (TPSA) is 54.5 Å². The summed E-state index contributed by atoms with van der Waals surface area (Å²) in [4.78, 5) is 17.6. The zero-order valence-electron chi connectivity index (χ0n) is 11.9. The number of hydrogen-bond donors (Lipinski definition) is 1. The number of ether oxygens (including phenoxy) is 1. The lowest BCUT2D eigenvalue weighted by atomic mass is 10.2. The molecule has 0 unspecified atom stereocenters. The molecule has 1 aromatic rings. The third-order valence-electron chi connectivity index (χ3n) is 2.73. The molecule has 0 atom stereocenters. The van der Waals surface area contributed by atoms with Crippen LogP contribution in [-0.4, -0.2) is 29.8 Å². The van der Waals surface area contributed by atoms with Crippen LogP contribution in [0.4, 0.5) is 16.3 Å². The second kappa shape index (κ2) is 5.07. The molecule has 0 saturated heterocycles. The number of aromatic nitrogens is 1. The van der Waals surface area contributed by atoms with E-state index in [1.54, 1.807) is 13.2 Å². The van der Waals surface area contributed by atoms with Gasteiger partial charge in [0.2, 0.25) is 0 Å². The van der Waals surface area contributed by atoms with E-state index in [2.05, 4.69) is 10.3 Å². The second-order valence-electron chi connectivity index (χ2n) is 5.86. The van der Waals surface area contributed by atoms with E-state index >= 15 is 0 Å². The summed E-state index contributed by atoms with van der Waals surface area (Å²) in [6, 6.07) is 4.32. The van der Waals surface area contributed by atoms with Crippen LogP contribution >= 0.6 is 0 Å². The number of carbonyl (C=O) groups is 1. The van der Waals surface area contributed by atoms with Crippen LogP contribution in [-0.2, 0) is 4.74 Å². The molecule has 1 heterocycles. The van der Waals surface area contributed by atoms with Crippen molar-refractivity contribution in [2.45, 2.75) is 45.3 Å². The largest absolute Gasteiger partial charge is 0.443 e. The van der Waals surface area contributed by atoms with Crippen molar-refractivity contribution in [1.29, 1.82) is 0 Å². The molecule has 1 aromatic heterocycles. The SMILES string of the molecule is CN(C(=O)OC(C)(C)C)c1ccc(NC2CC2)nc1. The first-order chi connectivity index (χ1) is 8.85. The van der Waals surface area contributed by atoms with E-state index in [0.717, 1.165) is 11.5 Å². The second-order valence-corrected chi connectivity index (χ2v) is 5.86. The van der Waals surface area contributed by atoms with E-state index in [9.17, 15) is 4.79 Å². The molecule has 0 spiro atoms. The third kappa shape index (κ3) is 4.12. The Kier molecular flexibility index (Phi) is 3.64. The van der Waals surface area contributed by atoms with Gasteiger partial charge >= 0.3 is 6.09 Å². The predicted octanol–water partition coefficient (Wildman–Crippen LogP) is 3.03. The van der Waals surface area contributed by atoms with E-state index < -0.39 is 5.60 Å². The minimum Gasteiger partial charge on any atom is -0.443 e. The van der Waals surface area contributed by atoms with Gasteiger partial charge in [0.05, 0.1) is 11.9 Å². The average Bonchev–Trinajstić information content (AvgIpc) is 3.11. The number of nitrogens with one attached hydrogen (secondary N) is 1. The normalized spacial score (nSPS) is 14.9. The van der Waals surface area contributed by atoms with Crippen LogP contribution in [0.5, 0.6) is 0 Å². The summed E-state index contributed by atoms with van der Waals surface area (Å²) in [5.41, 5.74) is 0.224. The van der Waals surface area contributed by atoms with Crippen molar-refractivity contribution < 1.29 is 9.53 Å². The maximum atomic E-state index is 11.9. The number of amides is 1. The molecule has 5 heteroatoms. The van der Waals surface area contributed by atoms with Crippen molar-refractivity contribution in [3.05, 3.63) is 18.3 Å². The number of hydrogen-bond acceptors (Lipinski definition) is 4. The summed E-state index contributed by atoms with van der Waals surface area (Å²) in [6.45, 7) is 5.54. The van der Waals surface area contributed by atoms with Crippen molar-refractivity contribution in [3.8, 4) is 0 Å². The highest BCUT2D eigenvalue weighted by molar-refractivity contribution is 5.87. The van der Waals surface area contributed by atoms with Gasteiger partial charge in [-0.05, 0) is 45.7 Å². The molecule has 5 nitrogen and oxygen atoms in total. The summed E-state index contributed by atoms with van der Waals surface area (Å²) in [6.07, 6.45) is 3.72. The Morgan fingerprint density at radius 1 is 1.42 bits per heavy atom. The van der Waals surface area contributed by atoms with Gasteiger partial charge in [-0.2, -0.15) is 0 Å². The Balaban J connectivity index is 1.97. The van der Waals surface area contributed by atoms with Crippen molar-refractivity contribution in [3.63, 3.8) is 0 Å². The molecule has 104 valence electrons. The summed E-state index contributed by atoms with van der Waals surface area (Å²) < 4.78 is 5.30. The molecular formula is C14H21N3O2. The van der Waals surface area contributed by atoms with E-state index in [1.807, 2.05) is 32.9 Å². The highest BCUT2D eigenvalue weighted by Gasteiger charge is 2.22. The van der Waals surface area contributed by atoms with Crippen LogP contribution in [0.15, 0.2) is 18.3 Å². The molecule has 1 N–H and O–H groups in total. The van der Waals surface area contributed by atoms with E-state index in [1.165, 1.54) is 17.7 Å². The monoisotopic (exact) mass is 263 g/mol. The average molecular weight is 263 g/mol. The fraction of sp³-hybridized carbons (Fsp3) is 0.571. The minimum atomic E-state index is -0.494. The Bertz CT molecular complexity index is 447. The Morgan fingerprint density at radius 2 is 2.11 bits per heavy atom. The molecule has 0 aromatic carbocycles. The van der Waals surface area contributed by atoms with E-state index in [4.69, 9.17) is 4.74 Å². The lowest BCUT2D eigenvalue weighted by Crippen LogP contribution is -2.34. The lowest BCUT2D eigenvalue weighted by molar-refractivity contribution is 0.0589. The van der Waals surface area contributed by atoms with Crippen molar-refractivity contribution in [2.24, 2.45) is 0 Å². The van der Waals surface area contributed by atoms with Crippen LogP contribution < -0.4 is 10.2 Å². The molecule has 0 aliphatic heterocycles. The number of pyridine rings is 1. The zero-order chi connectivity index (χ0) is 14.0. The van der Waals surface area contributed by atoms with Gasteiger partial charge < -0.3 is 10.1 Å². The molecule has 1 amide bonds. The zero-order valence-corrected chi connectivity index (χ0v) is 11.9. The standard InChI is InChI=1S/C14H21N3O2/c1-14(2,3)19-13(18)17(4)11-7-8-12(15-9-11)16-10-5-6-10/h7-10H,5-6H2,1-4H3,(H,15,16). The number of nitrogens with zero attached hydrogens (tertiary/aromatic N) is 2. The van der Waals surface area contributed by atoms with Gasteiger partial charge in [-0.1, -0.05) is 0 Å². The molecule has 2 rings (SSSR count). The van der Waals surface area contributed by atoms with Gasteiger partial charge in [-0.3, -0.25) is 4.90 Å². The van der Waals surface area contributed by atoms with Gasteiger partial charge in [-0.25, -0.2) is 9.78 Å². The molecule has 1 aliphatic rings. The first-order valence-corrected chi connectivity index (χ1v) is 6.54. The van der Waals surface area contributed by atoms with Gasteiger partial charge in [0.1, 0.15) is 11.4 Å². The minimum absolute atomic E-state index is 0.378. The molecule has 0 bridgehead atoms. The molecule has 0 radical (unpaired) electrons. The summed E-state index contributed by atoms with van der Waals surface area (Å²) in [5, 5.41) is 3.30. The molecule has 1 aliphatic carbocycles. The van der Waals surface area contributed by atoms with Crippen molar-refractivity contribution >= 4 is 17.6 Å². The Hall–Kier alpha value is -1.78. The maximum Gasteiger partial charge on any atom is 0.414 e. The summed E-state index contributed by atoms with van der Waals surface area (Å²) in [7, 11) is 1.68. The van der Waals surface area contributed by atoms with Gasteiger partial charge in [0.25, 0.3) is 0 Å². The van der Waals surface area contributed by atoms with Crippen molar-refractivity contribution in [2.75, 3.05) is 17.3 Å².